The molecule has 1 aromatic rings. The van der Waals surface area contributed by atoms with E-state index in [-0.39, 0.29) is 5.78 Å². The molecule has 0 N–H and O–H groups in total. The lowest BCUT2D eigenvalue weighted by molar-refractivity contribution is 0.0988. The van der Waals surface area contributed by atoms with Crippen molar-refractivity contribution in [2.75, 3.05) is 0 Å². The lowest BCUT2D eigenvalue weighted by atomic mass is 10.1. The van der Waals surface area contributed by atoms with Crippen LogP contribution in [0, 0.1) is 10.5 Å². The van der Waals surface area contributed by atoms with E-state index in [0.29, 0.717) is 6.42 Å². The minimum atomic E-state index is 0.216. The van der Waals surface area contributed by atoms with Crippen molar-refractivity contribution in [1.29, 1.82) is 0 Å². The number of benzene rings is 1. The quantitative estimate of drug-likeness (QED) is 0.598. The molecule has 0 unspecified atom stereocenters. The Morgan fingerprint density at radius 1 is 1.50 bits per heavy atom. The molecule has 0 saturated carbocycles. The number of hydrogen-bond acceptors (Lipinski definition) is 1. The molecule has 2 heteroatoms. The maximum absolute atomic E-state index is 11.3. The van der Waals surface area contributed by atoms with Gasteiger partial charge in [-0.05, 0) is 41.1 Å². The van der Waals surface area contributed by atoms with Crippen molar-refractivity contribution in [3.05, 3.63) is 32.9 Å². The highest BCUT2D eigenvalue weighted by Gasteiger charge is 2.03. The molecule has 0 saturated heterocycles. The highest BCUT2D eigenvalue weighted by Crippen LogP contribution is 2.14. The van der Waals surface area contributed by atoms with Gasteiger partial charge in [0.2, 0.25) is 0 Å². The first kappa shape index (κ1) is 9.71. The first-order valence-electron chi connectivity index (χ1n) is 3.94. The molecule has 0 aliphatic carbocycles. The standard InChI is InChI=1S/C10H11IO/c1-3-10(12)8-5-4-7(2)9(11)6-8/h4-6H,3H2,1-2H3. The highest BCUT2D eigenvalue weighted by atomic mass is 127. The molecule has 64 valence electrons. The Kier molecular flexibility index (Phi) is 3.26. The zero-order valence-electron chi connectivity index (χ0n) is 7.23. The summed E-state index contributed by atoms with van der Waals surface area (Å²) in [7, 11) is 0. The van der Waals surface area contributed by atoms with Gasteiger partial charge in [-0.1, -0.05) is 19.1 Å². The summed E-state index contributed by atoms with van der Waals surface area (Å²) >= 11 is 2.25. The monoisotopic (exact) mass is 274 g/mol. The van der Waals surface area contributed by atoms with Gasteiger partial charge in [0.05, 0.1) is 0 Å². The molecule has 0 radical (unpaired) electrons. The Labute approximate surface area is 86.3 Å². The van der Waals surface area contributed by atoms with Crippen molar-refractivity contribution in [3.8, 4) is 0 Å². The van der Waals surface area contributed by atoms with Crippen molar-refractivity contribution in [2.24, 2.45) is 0 Å². The summed E-state index contributed by atoms with van der Waals surface area (Å²) in [5.74, 6) is 0.216. The Hall–Kier alpha value is -0.380. The SMILES string of the molecule is CCC(=O)c1ccc(C)c(I)c1. The summed E-state index contributed by atoms with van der Waals surface area (Å²) in [4.78, 5) is 11.3. The first-order valence-corrected chi connectivity index (χ1v) is 5.02. The molecule has 1 nitrogen and oxygen atoms in total. The Morgan fingerprint density at radius 3 is 2.67 bits per heavy atom. The molecule has 0 aliphatic heterocycles. The van der Waals surface area contributed by atoms with Crippen LogP contribution in [0.1, 0.15) is 29.3 Å². The van der Waals surface area contributed by atoms with Gasteiger partial charge in [0.25, 0.3) is 0 Å². The fourth-order valence-electron chi connectivity index (χ4n) is 0.970. The van der Waals surface area contributed by atoms with Crippen LogP contribution in [0.15, 0.2) is 18.2 Å². The second-order valence-electron chi connectivity index (χ2n) is 2.74. The van der Waals surface area contributed by atoms with Gasteiger partial charge in [-0.3, -0.25) is 4.79 Å². The number of halogens is 1. The number of carbonyl (C=O) groups excluding carboxylic acids is 1. The molecule has 0 heterocycles. The number of aryl methyl sites for hydroxylation is 1. The molecule has 0 spiro atoms. The van der Waals surface area contributed by atoms with E-state index in [0.717, 1.165) is 9.13 Å². The number of hydrogen-bond donors (Lipinski definition) is 0. The first-order chi connectivity index (χ1) is 5.65. The van der Waals surface area contributed by atoms with Gasteiger partial charge in [0.15, 0.2) is 5.78 Å². The Balaban J connectivity index is 3.05. The van der Waals surface area contributed by atoms with Crippen molar-refractivity contribution in [2.45, 2.75) is 20.3 Å². The Bertz CT molecular complexity index is 305. The van der Waals surface area contributed by atoms with Crippen LogP contribution in [0.4, 0.5) is 0 Å². The van der Waals surface area contributed by atoms with Crippen LogP contribution in [0.3, 0.4) is 0 Å². The fraction of sp³-hybridized carbons (Fsp3) is 0.300. The van der Waals surface area contributed by atoms with E-state index in [1.54, 1.807) is 0 Å². The highest BCUT2D eigenvalue weighted by molar-refractivity contribution is 14.1. The third-order valence-corrected chi connectivity index (χ3v) is 2.98. The van der Waals surface area contributed by atoms with Crippen LogP contribution in [-0.4, -0.2) is 5.78 Å². The summed E-state index contributed by atoms with van der Waals surface area (Å²) in [5.41, 5.74) is 2.05. The molecule has 0 amide bonds. The van der Waals surface area contributed by atoms with Crippen LogP contribution < -0.4 is 0 Å². The lowest BCUT2D eigenvalue weighted by Gasteiger charge is -2.01. The van der Waals surface area contributed by atoms with Gasteiger partial charge in [0, 0.05) is 15.6 Å². The molecule has 0 fully saturated rings. The van der Waals surface area contributed by atoms with Gasteiger partial charge in [0.1, 0.15) is 0 Å². The van der Waals surface area contributed by atoms with E-state index in [1.807, 2.05) is 32.0 Å². The van der Waals surface area contributed by atoms with Gasteiger partial charge >= 0.3 is 0 Å². The Morgan fingerprint density at radius 2 is 2.17 bits per heavy atom. The molecular weight excluding hydrogens is 263 g/mol. The zero-order valence-corrected chi connectivity index (χ0v) is 9.38. The molecule has 0 aromatic heterocycles. The van der Waals surface area contributed by atoms with E-state index >= 15 is 0 Å². The largest absolute Gasteiger partial charge is 0.294 e. The van der Waals surface area contributed by atoms with Crippen molar-refractivity contribution >= 4 is 28.4 Å². The van der Waals surface area contributed by atoms with Crippen LogP contribution in [0.25, 0.3) is 0 Å². The van der Waals surface area contributed by atoms with Crippen molar-refractivity contribution in [3.63, 3.8) is 0 Å². The van der Waals surface area contributed by atoms with E-state index in [9.17, 15) is 4.79 Å². The average molecular weight is 274 g/mol. The van der Waals surface area contributed by atoms with Crippen LogP contribution in [0.5, 0.6) is 0 Å². The fourth-order valence-corrected chi connectivity index (χ4v) is 1.49. The van der Waals surface area contributed by atoms with Crippen LogP contribution in [0.2, 0.25) is 0 Å². The molecule has 0 bridgehead atoms. The summed E-state index contributed by atoms with van der Waals surface area (Å²) in [5, 5.41) is 0. The smallest absolute Gasteiger partial charge is 0.162 e. The van der Waals surface area contributed by atoms with Gasteiger partial charge in [-0.15, -0.1) is 0 Å². The van der Waals surface area contributed by atoms with Gasteiger partial charge in [-0.2, -0.15) is 0 Å². The summed E-state index contributed by atoms with van der Waals surface area (Å²) < 4.78 is 1.16. The number of carbonyl (C=O) groups is 1. The molecule has 0 atom stereocenters. The molecule has 1 rings (SSSR count). The molecular formula is C10H11IO. The van der Waals surface area contributed by atoms with Crippen LogP contribution in [-0.2, 0) is 0 Å². The number of ketones is 1. The predicted molar refractivity (Wildman–Crippen MR) is 58.5 cm³/mol. The number of rotatable bonds is 2. The minimum Gasteiger partial charge on any atom is -0.294 e. The minimum absolute atomic E-state index is 0.216. The summed E-state index contributed by atoms with van der Waals surface area (Å²) in [6, 6.07) is 5.83. The van der Waals surface area contributed by atoms with Crippen LogP contribution >= 0.6 is 22.6 Å². The zero-order chi connectivity index (χ0) is 9.14. The van der Waals surface area contributed by atoms with Gasteiger partial charge in [-0.25, -0.2) is 0 Å². The maximum atomic E-state index is 11.3. The summed E-state index contributed by atoms with van der Waals surface area (Å²) in [6.45, 7) is 3.93. The molecule has 12 heavy (non-hydrogen) atoms. The van der Waals surface area contributed by atoms with Crippen molar-refractivity contribution in [1.82, 2.24) is 0 Å². The predicted octanol–water partition coefficient (Wildman–Crippen LogP) is 3.19. The van der Waals surface area contributed by atoms with E-state index < -0.39 is 0 Å². The second kappa shape index (κ2) is 4.03. The van der Waals surface area contributed by atoms with E-state index in [4.69, 9.17) is 0 Å². The third-order valence-electron chi connectivity index (χ3n) is 1.81. The third kappa shape index (κ3) is 2.06. The lowest BCUT2D eigenvalue weighted by Crippen LogP contribution is -1.97. The van der Waals surface area contributed by atoms with E-state index in [1.165, 1.54) is 5.56 Å². The molecule has 0 aliphatic rings. The average Bonchev–Trinajstić information content (AvgIpc) is 2.08. The second-order valence-corrected chi connectivity index (χ2v) is 3.90. The number of Topliss-reactive ketones (excluding diaryl/α,β-unsaturated/α-hetero) is 1. The normalized spacial score (nSPS) is 9.92. The molecule has 1 aromatic carbocycles. The summed E-state index contributed by atoms with van der Waals surface area (Å²) in [6.07, 6.45) is 0.582. The topological polar surface area (TPSA) is 17.1 Å². The maximum Gasteiger partial charge on any atom is 0.162 e. The van der Waals surface area contributed by atoms with E-state index in [2.05, 4.69) is 22.6 Å². The van der Waals surface area contributed by atoms with Crippen molar-refractivity contribution < 1.29 is 4.79 Å². The van der Waals surface area contributed by atoms with Gasteiger partial charge < -0.3 is 0 Å².